The standard InChI is InChI=1S/C16H21N3O3S/c1-5-23(21,22)14-8-6-13(7-9-14)16(20)17-15-10-12(4)18-19(15)11(2)3/h6-11H,5H2,1-4H3,(H,17,20). The summed E-state index contributed by atoms with van der Waals surface area (Å²) in [7, 11) is -3.26. The molecule has 1 aromatic heterocycles. The van der Waals surface area contributed by atoms with Crippen LogP contribution in [0.1, 0.15) is 42.9 Å². The SMILES string of the molecule is CCS(=O)(=O)c1ccc(C(=O)Nc2cc(C)nn2C(C)C)cc1. The molecule has 0 fully saturated rings. The first-order valence-electron chi connectivity index (χ1n) is 7.45. The maximum atomic E-state index is 12.3. The van der Waals surface area contributed by atoms with Crippen LogP contribution in [0, 0.1) is 6.92 Å². The molecule has 0 atom stereocenters. The summed E-state index contributed by atoms with van der Waals surface area (Å²) in [5.41, 5.74) is 1.22. The van der Waals surface area contributed by atoms with E-state index in [1.165, 1.54) is 24.3 Å². The van der Waals surface area contributed by atoms with Crippen LogP contribution in [-0.4, -0.2) is 29.9 Å². The average Bonchev–Trinajstić information content (AvgIpc) is 2.88. The summed E-state index contributed by atoms with van der Waals surface area (Å²) in [5.74, 6) is 0.353. The summed E-state index contributed by atoms with van der Waals surface area (Å²) in [4.78, 5) is 12.5. The predicted molar refractivity (Wildman–Crippen MR) is 89.5 cm³/mol. The van der Waals surface area contributed by atoms with Crippen molar-refractivity contribution in [2.45, 2.75) is 38.6 Å². The number of aryl methyl sites for hydroxylation is 1. The van der Waals surface area contributed by atoms with E-state index in [2.05, 4.69) is 10.4 Å². The first-order chi connectivity index (χ1) is 10.7. The molecule has 1 amide bonds. The van der Waals surface area contributed by atoms with E-state index in [-0.39, 0.29) is 22.6 Å². The number of aromatic nitrogens is 2. The van der Waals surface area contributed by atoms with Crippen molar-refractivity contribution in [1.82, 2.24) is 9.78 Å². The van der Waals surface area contributed by atoms with Crippen LogP contribution in [0.2, 0.25) is 0 Å². The van der Waals surface area contributed by atoms with E-state index >= 15 is 0 Å². The summed E-state index contributed by atoms with van der Waals surface area (Å²) in [5, 5.41) is 7.15. The van der Waals surface area contributed by atoms with Gasteiger partial charge in [-0.2, -0.15) is 5.10 Å². The van der Waals surface area contributed by atoms with Crippen molar-refractivity contribution < 1.29 is 13.2 Å². The molecule has 7 heteroatoms. The quantitative estimate of drug-likeness (QED) is 0.911. The van der Waals surface area contributed by atoms with E-state index in [1.54, 1.807) is 17.7 Å². The number of rotatable bonds is 5. The minimum atomic E-state index is -3.26. The van der Waals surface area contributed by atoms with E-state index in [9.17, 15) is 13.2 Å². The molecule has 0 bridgehead atoms. The molecule has 0 spiro atoms. The van der Waals surface area contributed by atoms with Gasteiger partial charge in [-0.15, -0.1) is 0 Å². The van der Waals surface area contributed by atoms with E-state index in [0.717, 1.165) is 5.69 Å². The first kappa shape index (κ1) is 17.2. The fourth-order valence-corrected chi connectivity index (χ4v) is 3.06. The summed E-state index contributed by atoms with van der Waals surface area (Å²) in [6, 6.07) is 7.86. The van der Waals surface area contributed by atoms with E-state index in [0.29, 0.717) is 11.4 Å². The maximum absolute atomic E-state index is 12.3. The zero-order valence-electron chi connectivity index (χ0n) is 13.7. The molecule has 0 aliphatic heterocycles. The van der Waals surface area contributed by atoms with Crippen LogP contribution in [0.5, 0.6) is 0 Å². The second-order valence-corrected chi connectivity index (χ2v) is 7.87. The Kier molecular flexibility index (Phi) is 4.89. The number of hydrogen-bond acceptors (Lipinski definition) is 4. The molecular formula is C16H21N3O3S. The van der Waals surface area contributed by atoms with Gasteiger partial charge in [0.1, 0.15) is 5.82 Å². The molecule has 0 saturated carbocycles. The highest BCUT2D eigenvalue weighted by Gasteiger charge is 2.15. The van der Waals surface area contributed by atoms with Crippen molar-refractivity contribution in [3.63, 3.8) is 0 Å². The monoisotopic (exact) mass is 335 g/mol. The molecule has 1 heterocycles. The highest BCUT2D eigenvalue weighted by atomic mass is 32.2. The number of sulfone groups is 1. The smallest absolute Gasteiger partial charge is 0.256 e. The molecule has 2 rings (SSSR count). The molecular weight excluding hydrogens is 314 g/mol. The number of anilines is 1. The molecule has 0 unspecified atom stereocenters. The number of carbonyl (C=O) groups excluding carboxylic acids is 1. The molecule has 1 N–H and O–H groups in total. The molecule has 1 aromatic carbocycles. The third-order valence-electron chi connectivity index (χ3n) is 3.44. The van der Waals surface area contributed by atoms with Gasteiger partial charge < -0.3 is 5.32 Å². The van der Waals surface area contributed by atoms with Crippen molar-refractivity contribution in [2.24, 2.45) is 0 Å². The Balaban J connectivity index is 2.22. The molecule has 23 heavy (non-hydrogen) atoms. The Labute approximate surface area is 136 Å². The van der Waals surface area contributed by atoms with Crippen molar-refractivity contribution in [3.8, 4) is 0 Å². The van der Waals surface area contributed by atoms with Gasteiger partial charge in [0.15, 0.2) is 9.84 Å². The molecule has 124 valence electrons. The zero-order valence-corrected chi connectivity index (χ0v) is 14.5. The highest BCUT2D eigenvalue weighted by Crippen LogP contribution is 2.18. The molecule has 0 radical (unpaired) electrons. The third-order valence-corrected chi connectivity index (χ3v) is 5.19. The zero-order chi connectivity index (χ0) is 17.2. The van der Waals surface area contributed by atoms with Crippen molar-refractivity contribution in [2.75, 3.05) is 11.1 Å². The third kappa shape index (κ3) is 3.79. The van der Waals surface area contributed by atoms with Gasteiger partial charge in [0.2, 0.25) is 0 Å². The fraction of sp³-hybridized carbons (Fsp3) is 0.375. The largest absolute Gasteiger partial charge is 0.307 e. The summed E-state index contributed by atoms with van der Waals surface area (Å²) in [6.07, 6.45) is 0. The minimum Gasteiger partial charge on any atom is -0.307 e. The Hall–Kier alpha value is -2.15. The van der Waals surface area contributed by atoms with E-state index in [1.807, 2.05) is 20.8 Å². The van der Waals surface area contributed by atoms with Crippen LogP contribution in [-0.2, 0) is 9.84 Å². The fourth-order valence-electron chi connectivity index (χ4n) is 2.17. The van der Waals surface area contributed by atoms with Crippen LogP contribution in [0.15, 0.2) is 35.2 Å². The molecule has 0 aliphatic rings. The Morgan fingerprint density at radius 3 is 2.39 bits per heavy atom. The summed E-state index contributed by atoms with van der Waals surface area (Å²) < 4.78 is 25.3. The number of carbonyl (C=O) groups is 1. The number of nitrogens with one attached hydrogen (secondary N) is 1. The summed E-state index contributed by atoms with van der Waals surface area (Å²) in [6.45, 7) is 7.41. The van der Waals surface area contributed by atoms with Gasteiger partial charge in [0, 0.05) is 17.7 Å². The van der Waals surface area contributed by atoms with Crippen molar-refractivity contribution in [3.05, 3.63) is 41.6 Å². The number of amides is 1. The van der Waals surface area contributed by atoms with Gasteiger partial charge in [0.05, 0.1) is 16.3 Å². The van der Waals surface area contributed by atoms with Crippen LogP contribution >= 0.6 is 0 Å². The predicted octanol–water partition coefficient (Wildman–Crippen LogP) is 2.82. The normalized spacial score (nSPS) is 11.7. The minimum absolute atomic E-state index is 0.0331. The highest BCUT2D eigenvalue weighted by molar-refractivity contribution is 7.91. The Bertz CT molecular complexity index is 806. The van der Waals surface area contributed by atoms with Crippen LogP contribution in [0.25, 0.3) is 0 Å². The van der Waals surface area contributed by atoms with Gasteiger partial charge >= 0.3 is 0 Å². The molecule has 2 aromatic rings. The lowest BCUT2D eigenvalue weighted by atomic mass is 10.2. The molecule has 0 saturated heterocycles. The molecule has 6 nitrogen and oxygen atoms in total. The first-order valence-corrected chi connectivity index (χ1v) is 9.10. The van der Waals surface area contributed by atoms with Gasteiger partial charge in [0.25, 0.3) is 5.91 Å². The topological polar surface area (TPSA) is 81.1 Å². The van der Waals surface area contributed by atoms with E-state index in [4.69, 9.17) is 0 Å². The van der Waals surface area contributed by atoms with Crippen LogP contribution in [0.4, 0.5) is 5.82 Å². The lowest BCUT2D eigenvalue weighted by molar-refractivity contribution is 0.102. The van der Waals surface area contributed by atoms with Gasteiger partial charge in [-0.25, -0.2) is 13.1 Å². The lowest BCUT2D eigenvalue weighted by Gasteiger charge is -2.12. The molecule has 0 aliphatic carbocycles. The van der Waals surface area contributed by atoms with E-state index < -0.39 is 9.84 Å². The van der Waals surface area contributed by atoms with Crippen molar-refractivity contribution in [1.29, 1.82) is 0 Å². The van der Waals surface area contributed by atoms with Crippen LogP contribution in [0.3, 0.4) is 0 Å². The number of hydrogen-bond donors (Lipinski definition) is 1. The van der Waals surface area contributed by atoms with Gasteiger partial charge in [-0.05, 0) is 45.0 Å². The number of nitrogens with zero attached hydrogens (tertiary/aromatic N) is 2. The average molecular weight is 335 g/mol. The van der Waals surface area contributed by atoms with Crippen molar-refractivity contribution >= 4 is 21.6 Å². The summed E-state index contributed by atoms with van der Waals surface area (Å²) >= 11 is 0. The second kappa shape index (κ2) is 6.54. The van der Waals surface area contributed by atoms with Crippen LogP contribution < -0.4 is 5.32 Å². The maximum Gasteiger partial charge on any atom is 0.256 e. The lowest BCUT2D eigenvalue weighted by Crippen LogP contribution is -2.17. The Morgan fingerprint density at radius 2 is 1.87 bits per heavy atom. The second-order valence-electron chi connectivity index (χ2n) is 5.59. The van der Waals surface area contributed by atoms with Gasteiger partial charge in [-0.3, -0.25) is 4.79 Å². The van der Waals surface area contributed by atoms with Gasteiger partial charge in [-0.1, -0.05) is 6.92 Å². The Morgan fingerprint density at radius 1 is 1.26 bits per heavy atom. The number of benzene rings is 1.